The van der Waals surface area contributed by atoms with Crippen LogP contribution in [0, 0.1) is 17.8 Å². The van der Waals surface area contributed by atoms with E-state index < -0.39 is 6.10 Å². The number of methoxy groups -OCH3 is 1. The molecule has 18 heavy (non-hydrogen) atoms. The molecule has 0 radical (unpaired) electrons. The van der Waals surface area contributed by atoms with Gasteiger partial charge in [0.2, 0.25) is 5.91 Å². The van der Waals surface area contributed by atoms with Crippen LogP contribution in [0.2, 0.25) is 0 Å². The lowest BCUT2D eigenvalue weighted by atomic mass is 10.1. The van der Waals surface area contributed by atoms with Crippen molar-refractivity contribution in [1.29, 1.82) is 0 Å². The van der Waals surface area contributed by atoms with Crippen LogP contribution >= 0.6 is 0 Å². The van der Waals surface area contributed by atoms with Crippen LogP contribution < -0.4 is 0 Å². The van der Waals surface area contributed by atoms with E-state index in [1.807, 2.05) is 0 Å². The summed E-state index contributed by atoms with van der Waals surface area (Å²) in [5.74, 6) is 1.31. The molecule has 5 nitrogen and oxygen atoms in total. The maximum absolute atomic E-state index is 12.3. The van der Waals surface area contributed by atoms with Crippen LogP contribution in [0.25, 0.3) is 0 Å². The van der Waals surface area contributed by atoms with Gasteiger partial charge < -0.3 is 14.4 Å². The van der Waals surface area contributed by atoms with Gasteiger partial charge in [-0.1, -0.05) is 6.42 Å². The highest BCUT2D eigenvalue weighted by atomic mass is 16.6. The Morgan fingerprint density at radius 2 is 2.00 bits per heavy atom. The van der Waals surface area contributed by atoms with E-state index in [9.17, 15) is 9.59 Å². The molecule has 1 saturated heterocycles. The van der Waals surface area contributed by atoms with E-state index in [0.717, 1.165) is 0 Å². The number of carbonyl (C=O) groups excluding carboxylic acids is 2. The number of fused-ring (bicyclic) bond motifs is 1. The van der Waals surface area contributed by atoms with Gasteiger partial charge in [-0.25, -0.2) is 4.79 Å². The minimum atomic E-state index is -0.605. The lowest BCUT2D eigenvalue weighted by molar-refractivity contribution is -0.163. The summed E-state index contributed by atoms with van der Waals surface area (Å²) in [6, 6.07) is 0. The normalized spacial score (nSPS) is 38.2. The van der Waals surface area contributed by atoms with E-state index in [1.165, 1.54) is 26.4 Å². The second-order valence-electron chi connectivity index (χ2n) is 5.45. The number of nitrogens with zero attached hydrogens (tertiary/aromatic N) is 1. The number of esters is 1. The lowest BCUT2D eigenvalue weighted by Gasteiger charge is -2.32. The average Bonchev–Trinajstić information content (AvgIpc) is 2.89. The van der Waals surface area contributed by atoms with Gasteiger partial charge in [0.1, 0.15) is 0 Å². The van der Waals surface area contributed by atoms with Gasteiger partial charge >= 0.3 is 5.97 Å². The fourth-order valence-corrected chi connectivity index (χ4v) is 3.52. The zero-order valence-corrected chi connectivity index (χ0v) is 10.6. The first kappa shape index (κ1) is 12.0. The van der Waals surface area contributed by atoms with Crippen molar-refractivity contribution in [2.45, 2.75) is 25.4 Å². The molecule has 0 aromatic heterocycles. The molecular formula is C13H19NO4. The Hall–Kier alpha value is -1.10. The molecule has 1 heterocycles. The molecule has 0 N–H and O–H groups in total. The summed E-state index contributed by atoms with van der Waals surface area (Å²) < 4.78 is 10.0. The van der Waals surface area contributed by atoms with Crippen molar-refractivity contribution in [3.63, 3.8) is 0 Å². The zero-order chi connectivity index (χ0) is 12.7. The Bertz CT molecular complexity index is 360. The Balaban J connectivity index is 1.59. The highest BCUT2D eigenvalue weighted by Crippen LogP contribution is 2.58. The van der Waals surface area contributed by atoms with Crippen LogP contribution in [0.3, 0.4) is 0 Å². The van der Waals surface area contributed by atoms with Gasteiger partial charge in [-0.3, -0.25) is 4.79 Å². The molecule has 100 valence electrons. The number of carbonyl (C=O) groups is 2. The van der Waals surface area contributed by atoms with Gasteiger partial charge in [0.15, 0.2) is 6.10 Å². The number of hydrogen-bond acceptors (Lipinski definition) is 4. The van der Waals surface area contributed by atoms with Gasteiger partial charge in [-0.15, -0.1) is 0 Å². The molecule has 3 aliphatic rings. The first-order valence-electron chi connectivity index (χ1n) is 6.70. The first-order valence-corrected chi connectivity index (χ1v) is 6.70. The van der Waals surface area contributed by atoms with Crippen molar-refractivity contribution in [3.8, 4) is 0 Å². The number of rotatable bonds is 2. The third-order valence-corrected chi connectivity index (χ3v) is 4.53. The molecule has 3 rings (SSSR count). The molecule has 5 heteroatoms. The molecule has 0 aromatic rings. The zero-order valence-electron chi connectivity index (χ0n) is 10.6. The summed E-state index contributed by atoms with van der Waals surface area (Å²) in [5.41, 5.74) is 0. The van der Waals surface area contributed by atoms with E-state index in [0.29, 0.717) is 31.5 Å². The lowest BCUT2D eigenvalue weighted by Crippen LogP contribution is -2.49. The summed E-state index contributed by atoms with van der Waals surface area (Å²) in [7, 11) is 1.34. The second-order valence-corrected chi connectivity index (χ2v) is 5.45. The Kier molecular flexibility index (Phi) is 3.01. The van der Waals surface area contributed by atoms with Gasteiger partial charge in [0.05, 0.1) is 20.3 Å². The maximum Gasteiger partial charge on any atom is 0.336 e. The summed E-state index contributed by atoms with van der Waals surface area (Å²) in [4.78, 5) is 25.6. The topological polar surface area (TPSA) is 55.8 Å². The fourth-order valence-electron chi connectivity index (χ4n) is 3.52. The van der Waals surface area contributed by atoms with Crippen molar-refractivity contribution >= 4 is 11.9 Å². The number of morpholine rings is 1. The van der Waals surface area contributed by atoms with Gasteiger partial charge in [-0.2, -0.15) is 0 Å². The smallest absolute Gasteiger partial charge is 0.336 e. The van der Waals surface area contributed by atoms with E-state index in [2.05, 4.69) is 4.74 Å². The molecule has 0 bridgehead atoms. The second kappa shape index (κ2) is 4.53. The quantitative estimate of drug-likeness (QED) is 0.670. The van der Waals surface area contributed by atoms with E-state index in [-0.39, 0.29) is 17.8 Å². The maximum atomic E-state index is 12.3. The molecule has 0 spiro atoms. The van der Waals surface area contributed by atoms with Crippen molar-refractivity contribution in [2.75, 3.05) is 26.8 Å². The highest BCUT2D eigenvalue weighted by Gasteiger charge is 2.57. The number of ether oxygens (including phenoxy) is 2. The summed E-state index contributed by atoms with van der Waals surface area (Å²) in [6.07, 6.45) is 3.07. The number of amides is 1. The largest absolute Gasteiger partial charge is 0.467 e. The van der Waals surface area contributed by atoms with Crippen LogP contribution in [0.1, 0.15) is 19.3 Å². The Morgan fingerprint density at radius 1 is 1.28 bits per heavy atom. The average molecular weight is 253 g/mol. The summed E-state index contributed by atoms with van der Waals surface area (Å²) >= 11 is 0. The third-order valence-electron chi connectivity index (χ3n) is 4.53. The molecule has 3 fully saturated rings. The van der Waals surface area contributed by atoms with E-state index in [4.69, 9.17) is 4.74 Å². The molecular weight excluding hydrogens is 234 g/mol. The number of hydrogen-bond donors (Lipinski definition) is 0. The molecule has 0 aromatic carbocycles. The van der Waals surface area contributed by atoms with Crippen LogP contribution in [-0.4, -0.2) is 49.7 Å². The predicted octanol–water partition coefficient (Wildman–Crippen LogP) is 0.433. The molecule has 1 aliphatic heterocycles. The van der Waals surface area contributed by atoms with Crippen LogP contribution in [0.15, 0.2) is 0 Å². The van der Waals surface area contributed by atoms with Crippen molar-refractivity contribution in [3.05, 3.63) is 0 Å². The molecule has 2 aliphatic carbocycles. The molecule has 2 saturated carbocycles. The monoisotopic (exact) mass is 253 g/mol. The minimum Gasteiger partial charge on any atom is -0.467 e. The van der Waals surface area contributed by atoms with Crippen LogP contribution in [-0.2, 0) is 19.1 Å². The molecule has 3 atom stereocenters. The summed E-state index contributed by atoms with van der Waals surface area (Å²) in [5, 5.41) is 0. The third kappa shape index (κ3) is 1.90. The van der Waals surface area contributed by atoms with Gasteiger partial charge in [0.25, 0.3) is 0 Å². The highest BCUT2D eigenvalue weighted by molar-refractivity contribution is 5.84. The van der Waals surface area contributed by atoms with Crippen molar-refractivity contribution < 1.29 is 19.1 Å². The minimum absolute atomic E-state index is 0.224. The molecule has 1 amide bonds. The van der Waals surface area contributed by atoms with E-state index in [1.54, 1.807) is 4.90 Å². The van der Waals surface area contributed by atoms with Gasteiger partial charge in [0, 0.05) is 12.5 Å². The van der Waals surface area contributed by atoms with Gasteiger partial charge in [-0.05, 0) is 24.7 Å². The Labute approximate surface area is 106 Å². The Morgan fingerprint density at radius 3 is 2.67 bits per heavy atom. The molecule has 3 unspecified atom stereocenters. The van der Waals surface area contributed by atoms with Crippen molar-refractivity contribution in [2.24, 2.45) is 17.8 Å². The standard InChI is InChI=1S/C13H19NO4/c1-17-13(16)10-7-14(5-6-18-10)12(15)11-8-3-2-4-9(8)11/h8-11H,2-7H2,1H3. The predicted molar refractivity (Wildman–Crippen MR) is 62.7 cm³/mol. The van der Waals surface area contributed by atoms with Crippen LogP contribution in [0.5, 0.6) is 0 Å². The fraction of sp³-hybridized carbons (Fsp3) is 0.846. The van der Waals surface area contributed by atoms with Crippen molar-refractivity contribution in [1.82, 2.24) is 4.90 Å². The van der Waals surface area contributed by atoms with E-state index >= 15 is 0 Å². The first-order chi connectivity index (χ1) is 8.72. The SMILES string of the molecule is COC(=O)C1CN(C(=O)C2C3CCCC32)CCO1. The summed E-state index contributed by atoms with van der Waals surface area (Å²) in [6.45, 7) is 1.37. The van der Waals surface area contributed by atoms with Crippen LogP contribution in [0.4, 0.5) is 0 Å².